The van der Waals surface area contributed by atoms with Gasteiger partial charge < -0.3 is 4.55 Å². The van der Waals surface area contributed by atoms with Crippen molar-refractivity contribution in [2.24, 2.45) is 0 Å². The molecule has 1 atom stereocenters. The number of carbonyl (C=O) groups is 1. The van der Waals surface area contributed by atoms with Gasteiger partial charge in [0, 0.05) is 6.42 Å². The molecule has 14 heavy (non-hydrogen) atoms. The maximum absolute atomic E-state index is 10.9. The largest absolute Gasteiger partial charge is 0.726 e. The Morgan fingerprint density at radius 2 is 2.00 bits per heavy atom. The van der Waals surface area contributed by atoms with E-state index in [1.54, 1.807) is 0 Å². The molecule has 1 rings (SSSR count). The summed E-state index contributed by atoms with van der Waals surface area (Å²) in [4.78, 5) is 10.9. The number of ketones is 1. The molecule has 1 unspecified atom stereocenters. The standard InChI is InChI=1S/C6H10O5S.NO/c7-5-3-1-2-4-6(5)11-12(8,9)10;1-2/h6H,1-4H2,(H,8,9,10);/q;+1/p-1. The third-order valence-electron chi connectivity index (χ3n) is 1.73. The maximum atomic E-state index is 10.9. The summed E-state index contributed by atoms with van der Waals surface area (Å²) in [6.45, 7) is 0. The summed E-state index contributed by atoms with van der Waals surface area (Å²) in [5.74, 6) is -0.291. The molecule has 1 aliphatic carbocycles. The van der Waals surface area contributed by atoms with Crippen LogP contribution in [0.1, 0.15) is 25.7 Å². The Morgan fingerprint density at radius 3 is 2.43 bits per heavy atom. The van der Waals surface area contributed by atoms with Gasteiger partial charge in [-0.1, -0.05) is 0 Å². The fourth-order valence-corrected chi connectivity index (χ4v) is 1.68. The normalized spacial score (nSPS) is 22.2. The van der Waals surface area contributed by atoms with E-state index in [4.69, 9.17) is 10.2 Å². The predicted molar refractivity (Wildman–Crippen MR) is 40.5 cm³/mol. The van der Waals surface area contributed by atoms with Crippen LogP contribution in [0.2, 0.25) is 0 Å². The number of rotatable bonds is 2. The molecule has 0 saturated heterocycles. The minimum absolute atomic E-state index is 0.291. The van der Waals surface area contributed by atoms with E-state index in [-0.39, 0.29) is 5.78 Å². The summed E-state index contributed by atoms with van der Waals surface area (Å²) in [7, 11) is -4.73. The van der Waals surface area contributed by atoms with Crippen molar-refractivity contribution in [1.82, 2.24) is 0 Å². The van der Waals surface area contributed by atoms with E-state index in [0.29, 0.717) is 12.8 Å². The molecule has 0 amide bonds. The van der Waals surface area contributed by atoms with Gasteiger partial charge in [0.05, 0.1) is 0 Å². The molecule has 0 aromatic rings. The molecular formula is C6H9NO6S. The zero-order valence-electron chi connectivity index (χ0n) is 7.21. The van der Waals surface area contributed by atoms with E-state index >= 15 is 0 Å². The Kier molecular flexibility index (Phi) is 5.51. The van der Waals surface area contributed by atoms with Crippen molar-refractivity contribution in [2.45, 2.75) is 31.8 Å². The van der Waals surface area contributed by atoms with Gasteiger partial charge in [-0.2, -0.15) is 0 Å². The van der Waals surface area contributed by atoms with E-state index in [2.05, 4.69) is 4.18 Å². The quantitative estimate of drug-likeness (QED) is 0.364. The molecule has 0 heterocycles. The van der Waals surface area contributed by atoms with Gasteiger partial charge in [0.25, 0.3) is 0 Å². The van der Waals surface area contributed by atoms with E-state index in [9.17, 15) is 17.8 Å². The summed E-state index contributed by atoms with van der Waals surface area (Å²) in [6, 6.07) is 0. The molecule has 0 bridgehead atoms. The first kappa shape index (κ1) is 13.2. The van der Waals surface area contributed by atoms with Crippen molar-refractivity contribution in [3.63, 3.8) is 0 Å². The molecule has 0 spiro atoms. The molecule has 1 aliphatic rings. The molecule has 0 aromatic carbocycles. The van der Waals surface area contributed by atoms with Crippen molar-refractivity contribution in [1.29, 1.82) is 5.46 Å². The van der Waals surface area contributed by atoms with Gasteiger partial charge in [-0.3, -0.25) is 8.98 Å². The average Bonchev–Trinajstić information content (AvgIpc) is 2.10. The molecule has 1 fully saturated rings. The minimum atomic E-state index is -4.73. The second kappa shape index (κ2) is 5.84. The molecule has 0 radical (unpaired) electrons. The van der Waals surface area contributed by atoms with Crippen molar-refractivity contribution < 1.29 is 26.7 Å². The van der Waals surface area contributed by atoms with Crippen molar-refractivity contribution in [3.05, 3.63) is 0 Å². The van der Waals surface area contributed by atoms with Crippen molar-refractivity contribution >= 4 is 16.2 Å². The van der Waals surface area contributed by atoms with E-state index < -0.39 is 16.5 Å². The smallest absolute Gasteiger partial charge is 0.218 e. The van der Waals surface area contributed by atoms with Gasteiger partial charge in [-0.05, 0) is 19.3 Å². The average molecular weight is 223 g/mol. The maximum Gasteiger partial charge on any atom is 0.218 e. The van der Waals surface area contributed by atoms with Crippen LogP contribution in [0.3, 0.4) is 0 Å². The topological polar surface area (TPSA) is 127 Å². The first-order chi connectivity index (χ1) is 6.49. The summed E-state index contributed by atoms with van der Waals surface area (Å²) >= 11 is 0. The summed E-state index contributed by atoms with van der Waals surface area (Å²) < 4.78 is 41.7. The molecular weight excluding hydrogens is 214 g/mol. The molecule has 0 N–H and O–H groups in total. The van der Waals surface area contributed by atoms with Crippen LogP contribution in [0.25, 0.3) is 0 Å². The number of hydrogen-bond acceptors (Lipinski definition) is 6. The fraction of sp³-hybridized carbons (Fsp3) is 0.833. The Hall–Kier alpha value is -0.790. The molecule has 8 heteroatoms. The number of nitrogens with zero attached hydrogens (tertiary/aromatic N) is 1. The third kappa shape index (κ3) is 5.05. The molecule has 0 aliphatic heterocycles. The van der Waals surface area contributed by atoms with Crippen LogP contribution in [0, 0.1) is 5.46 Å². The van der Waals surface area contributed by atoms with Crippen LogP contribution in [0.5, 0.6) is 0 Å². The van der Waals surface area contributed by atoms with Crippen LogP contribution in [0.15, 0.2) is 0 Å². The summed E-state index contributed by atoms with van der Waals surface area (Å²) in [6.07, 6.45) is 1.09. The Morgan fingerprint density at radius 1 is 1.43 bits per heavy atom. The predicted octanol–water partition coefficient (Wildman–Crippen LogP) is -0.129. The van der Waals surface area contributed by atoms with Crippen molar-refractivity contribution in [3.8, 4) is 0 Å². The number of carbonyl (C=O) groups excluding carboxylic acids is 1. The number of Topliss-reactive ketones (excluding diaryl/α,β-unsaturated/α-hetero) is 1. The SMILES string of the molecule is N#[O+].O=C1CCCCC1OS(=O)(=O)[O-]. The zero-order valence-corrected chi connectivity index (χ0v) is 8.03. The molecule has 80 valence electrons. The Balaban J connectivity index is 0.000000791. The summed E-state index contributed by atoms with van der Waals surface area (Å²) in [5, 5.41) is 0. The van der Waals surface area contributed by atoms with Gasteiger partial charge in [0.2, 0.25) is 10.4 Å². The molecule has 0 aromatic heterocycles. The summed E-state index contributed by atoms with van der Waals surface area (Å²) in [5.41, 5.74) is 5.75. The third-order valence-corrected chi connectivity index (χ3v) is 2.20. The number of hydrogen-bond donors (Lipinski definition) is 0. The fourth-order valence-electron chi connectivity index (χ4n) is 1.19. The first-order valence-electron chi connectivity index (χ1n) is 3.84. The first-order valence-corrected chi connectivity index (χ1v) is 5.17. The van der Waals surface area contributed by atoms with Crippen LogP contribution >= 0.6 is 0 Å². The van der Waals surface area contributed by atoms with Crippen LogP contribution in [-0.4, -0.2) is 24.9 Å². The minimum Gasteiger partial charge on any atom is -0.726 e. The van der Waals surface area contributed by atoms with Gasteiger partial charge >= 0.3 is 10.2 Å². The Labute approximate surface area is 80.9 Å². The van der Waals surface area contributed by atoms with E-state index in [0.717, 1.165) is 12.8 Å². The van der Waals surface area contributed by atoms with Crippen molar-refractivity contribution in [2.75, 3.05) is 0 Å². The molecule has 7 nitrogen and oxygen atoms in total. The second-order valence-electron chi connectivity index (χ2n) is 2.71. The van der Waals surface area contributed by atoms with Crippen LogP contribution in [-0.2, 0) is 24.1 Å². The second-order valence-corrected chi connectivity index (χ2v) is 3.71. The van der Waals surface area contributed by atoms with Gasteiger partial charge in [0.15, 0.2) is 5.78 Å². The van der Waals surface area contributed by atoms with Gasteiger partial charge in [-0.25, -0.2) is 8.42 Å². The van der Waals surface area contributed by atoms with E-state index in [1.165, 1.54) is 0 Å². The van der Waals surface area contributed by atoms with Crippen LogP contribution in [0.4, 0.5) is 0 Å². The molecule has 1 saturated carbocycles. The monoisotopic (exact) mass is 223 g/mol. The Bertz CT molecular complexity index is 308. The van der Waals surface area contributed by atoms with Gasteiger partial charge in [0.1, 0.15) is 6.10 Å². The zero-order chi connectivity index (χ0) is 11.2. The van der Waals surface area contributed by atoms with Crippen LogP contribution < -0.4 is 0 Å². The van der Waals surface area contributed by atoms with E-state index in [1.807, 2.05) is 0 Å². The van der Waals surface area contributed by atoms with Gasteiger partial charge in [-0.15, -0.1) is 0 Å².